The van der Waals surface area contributed by atoms with Gasteiger partial charge >= 0.3 is 6.18 Å². The third-order valence-electron chi connectivity index (χ3n) is 7.62. The average molecular weight is 495 g/mol. The van der Waals surface area contributed by atoms with Crippen LogP contribution in [0.25, 0.3) is 0 Å². The summed E-state index contributed by atoms with van der Waals surface area (Å²) < 4.78 is 38.6. The molecule has 4 nitrogen and oxygen atoms in total. The highest BCUT2D eigenvalue weighted by molar-refractivity contribution is 8.13. The first-order chi connectivity index (χ1) is 16.3. The Morgan fingerprint density at radius 3 is 2.44 bits per heavy atom. The number of fused-ring (bicyclic) bond motifs is 1. The number of thioether (sulfide) groups is 1. The summed E-state index contributed by atoms with van der Waals surface area (Å²) in [5.74, 6) is 2.25. The van der Waals surface area contributed by atoms with E-state index in [0.29, 0.717) is 17.9 Å². The molecule has 1 aromatic rings. The van der Waals surface area contributed by atoms with Crippen molar-refractivity contribution in [2.24, 2.45) is 22.0 Å². The predicted octanol–water partition coefficient (Wildman–Crippen LogP) is 6.71. The molecule has 34 heavy (non-hydrogen) atoms. The molecule has 0 N–H and O–H groups in total. The van der Waals surface area contributed by atoms with Gasteiger partial charge in [0.2, 0.25) is 0 Å². The van der Waals surface area contributed by atoms with Gasteiger partial charge in [0.15, 0.2) is 0 Å². The fraction of sp³-hybridized carbons (Fsp3) is 0.692. The topological polar surface area (TPSA) is 31.2 Å². The Hall–Kier alpha value is -1.54. The minimum Gasteiger partial charge on any atom is -0.367 e. The first-order valence-electron chi connectivity index (χ1n) is 12.7. The third-order valence-corrected chi connectivity index (χ3v) is 8.62. The van der Waals surface area contributed by atoms with Crippen LogP contribution >= 0.6 is 11.8 Å². The van der Waals surface area contributed by atoms with Crippen molar-refractivity contribution in [2.75, 3.05) is 36.8 Å². The SMILES string of the molecule is C/C(=N\N=C(/C)C1CCCCC1)SCCCN1C[C@@H]2CCN(c3ccc(C(F)(F)F)cc3)[C@@H]2C1. The van der Waals surface area contributed by atoms with Crippen molar-refractivity contribution in [3.63, 3.8) is 0 Å². The van der Waals surface area contributed by atoms with Crippen molar-refractivity contribution in [3.8, 4) is 0 Å². The molecule has 3 fully saturated rings. The highest BCUT2D eigenvalue weighted by atomic mass is 32.2. The average Bonchev–Trinajstić information content (AvgIpc) is 3.41. The Kier molecular flexibility index (Phi) is 8.61. The van der Waals surface area contributed by atoms with Gasteiger partial charge in [-0.15, -0.1) is 16.9 Å². The first-order valence-corrected chi connectivity index (χ1v) is 13.7. The van der Waals surface area contributed by atoms with E-state index in [1.165, 1.54) is 49.9 Å². The standard InChI is InChI=1S/C26H37F3N4S/c1-19(21-7-4-3-5-8-21)30-31-20(2)34-16-6-14-32-17-22-13-15-33(25(22)18-32)24-11-9-23(10-12-24)26(27,28)29/h9-12,21-22,25H,3-8,13-18H2,1-2H3/b30-19+,31-20+/t22-,25+/m0/s1. The van der Waals surface area contributed by atoms with Gasteiger partial charge in [0.25, 0.3) is 0 Å². The number of nitrogens with zero attached hydrogens (tertiary/aromatic N) is 4. The second-order valence-corrected chi connectivity index (χ2v) is 11.3. The number of halogens is 3. The molecular formula is C26H37F3N4S. The molecule has 8 heteroatoms. The summed E-state index contributed by atoms with van der Waals surface area (Å²) in [6, 6.07) is 6.08. The van der Waals surface area contributed by atoms with E-state index >= 15 is 0 Å². The molecule has 0 unspecified atom stereocenters. The van der Waals surface area contributed by atoms with Crippen molar-refractivity contribution in [1.29, 1.82) is 0 Å². The molecule has 0 aromatic heterocycles. The molecule has 1 aliphatic carbocycles. The molecule has 0 spiro atoms. The maximum Gasteiger partial charge on any atom is 0.416 e. The third kappa shape index (κ3) is 6.56. The lowest BCUT2D eigenvalue weighted by molar-refractivity contribution is -0.137. The summed E-state index contributed by atoms with van der Waals surface area (Å²) in [7, 11) is 0. The molecule has 0 radical (unpaired) electrons. The summed E-state index contributed by atoms with van der Waals surface area (Å²) in [6.07, 6.45) is 4.43. The Morgan fingerprint density at radius 1 is 1.00 bits per heavy atom. The summed E-state index contributed by atoms with van der Waals surface area (Å²) in [4.78, 5) is 4.83. The molecule has 3 aliphatic rings. The molecule has 1 aromatic carbocycles. The van der Waals surface area contributed by atoms with Gasteiger partial charge in [-0.05, 0) is 82.2 Å². The molecule has 2 aliphatic heterocycles. The van der Waals surface area contributed by atoms with E-state index in [0.717, 1.165) is 55.5 Å². The number of anilines is 1. The Balaban J connectivity index is 1.19. The van der Waals surface area contributed by atoms with Crippen LogP contribution in [0, 0.1) is 11.8 Å². The van der Waals surface area contributed by atoms with Crippen LogP contribution in [0.4, 0.5) is 18.9 Å². The van der Waals surface area contributed by atoms with Crippen LogP contribution < -0.4 is 4.90 Å². The quantitative estimate of drug-likeness (QED) is 0.183. The van der Waals surface area contributed by atoms with Gasteiger partial charge in [0, 0.05) is 42.8 Å². The Labute approximate surface area is 206 Å². The van der Waals surface area contributed by atoms with Crippen molar-refractivity contribution in [2.45, 2.75) is 71.0 Å². The second-order valence-electron chi connectivity index (χ2n) is 10.0. The van der Waals surface area contributed by atoms with Crippen LogP contribution in [0.3, 0.4) is 0 Å². The maximum absolute atomic E-state index is 12.9. The zero-order valence-corrected chi connectivity index (χ0v) is 21.2. The molecule has 0 bridgehead atoms. The minimum atomic E-state index is -4.28. The second kappa shape index (κ2) is 11.5. The lowest BCUT2D eigenvalue weighted by Crippen LogP contribution is -2.35. The normalized spacial score (nSPS) is 25.3. The molecule has 2 saturated heterocycles. The summed E-state index contributed by atoms with van der Waals surface area (Å²) in [5, 5.41) is 9.99. The number of benzene rings is 1. The summed E-state index contributed by atoms with van der Waals surface area (Å²) in [5.41, 5.74) is 1.51. The number of rotatable bonds is 7. The van der Waals surface area contributed by atoms with Gasteiger partial charge in [-0.25, -0.2) is 0 Å². The number of alkyl halides is 3. The van der Waals surface area contributed by atoms with Gasteiger partial charge < -0.3 is 9.80 Å². The van der Waals surface area contributed by atoms with Crippen molar-refractivity contribution in [1.82, 2.24) is 4.90 Å². The monoisotopic (exact) mass is 494 g/mol. The summed E-state index contributed by atoms with van der Waals surface area (Å²) >= 11 is 1.78. The zero-order chi connectivity index (χ0) is 24.1. The van der Waals surface area contributed by atoms with Gasteiger partial charge in [0.1, 0.15) is 0 Å². The molecule has 2 atom stereocenters. The minimum absolute atomic E-state index is 0.407. The van der Waals surface area contributed by atoms with Crippen LogP contribution in [-0.4, -0.2) is 53.6 Å². The highest BCUT2D eigenvalue weighted by Crippen LogP contribution is 2.37. The molecule has 188 valence electrons. The number of hydrogen-bond donors (Lipinski definition) is 0. The van der Waals surface area contributed by atoms with Crippen molar-refractivity contribution >= 4 is 28.2 Å². The fourth-order valence-corrected chi connectivity index (χ4v) is 6.35. The Morgan fingerprint density at radius 2 is 1.74 bits per heavy atom. The Bertz CT molecular complexity index is 862. The molecular weight excluding hydrogens is 457 g/mol. The lowest BCUT2D eigenvalue weighted by Gasteiger charge is -2.27. The van der Waals surface area contributed by atoms with Crippen LogP contribution in [0.2, 0.25) is 0 Å². The first kappa shape index (κ1) is 25.5. The summed E-state index contributed by atoms with van der Waals surface area (Å²) in [6.45, 7) is 8.23. The number of likely N-dealkylation sites (tertiary alicyclic amines) is 1. The number of hydrogen-bond acceptors (Lipinski definition) is 5. The lowest BCUT2D eigenvalue weighted by atomic mass is 9.86. The smallest absolute Gasteiger partial charge is 0.367 e. The van der Waals surface area contributed by atoms with Crippen molar-refractivity contribution in [3.05, 3.63) is 29.8 Å². The maximum atomic E-state index is 12.9. The van der Waals surface area contributed by atoms with Crippen LogP contribution in [0.5, 0.6) is 0 Å². The van der Waals surface area contributed by atoms with E-state index in [1.807, 2.05) is 6.92 Å². The molecule has 2 heterocycles. The highest BCUT2D eigenvalue weighted by Gasteiger charge is 2.41. The predicted molar refractivity (Wildman–Crippen MR) is 137 cm³/mol. The van der Waals surface area contributed by atoms with E-state index in [-0.39, 0.29) is 0 Å². The van der Waals surface area contributed by atoms with E-state index in [1.54, 1.807) is 23.9 Å². The van der Waals surface area contributed by atoms with E-state index < -0.39 is 11.7 Å². The van der Waals surface area contributed by atoms with E-state index in [9.17, 15) is 13.2 Å². The van der Waals surface area contributed by atoms with Gasteiger partial charge in [-0.3, -0.25) is 0 Å². The molecule has 0 amide bonds. The fourth-order valence-electron chi connectivity index (χ4n) is 5.68. The van der Waals surface area contributed by atoms with Gasteiger partial charge in [0.05, 0.1) is 10.6 Å². The molecule has 1 saturated carbocycles. The van der Waals surface area contributed by atoms with Crippen LogP contribution in [-0.2, 0) is 6.18 Å². The van der Waals surface area contributed by atoms with Crippen LogP contribution in [0.1, 0.15) is 64.4 Å². The zero-order valence-electron chi connectivity index (χ0n) is 20.4. The van der Waals surface area contributed by atoms with Crippen LogP contribution in [0.15, 0.2) is 34.5 Å². The van der Waals surface area contributed by atoms with Gasteiger partial charge in [-0.2, -0.15) is 18.3 Å². The van der Waals surface area contributed by atoms with Crippen molar-refractivity contribution < 1.29 is 13.2 Å². The van der Waals surface area contributed by atoms with E-state index in [2.05, 4.69) is 26.9 Å². The largest absolute Gasteiger partial charge is 0.416 e. The van der Waals surface area contributed by atoms with Gasteiger partial charge in [-0.1, -0.05) is 19.3 Å². The van der Waals surface area contributed by atoms with E-state index in [4.69, 9.17) is 0 Å². The molecule has 4 rings (SSSR count).